The monoisotopic (exact) mass is 326 g/mol. The van der Waals surface area contributed by atoms with Crippen molar-refractivity contribution < 1.29 is 9.90 Å². The molecule has 1 atom stereocenters. The summed E-state index contributed by atoms with van der Waals surface area (Å²) >= 11 is 1.75. The van der Waals surface area contributed by atoms with Gasteiger partial charge in [0.2, 0.25) is 0 Å². The van der Waals surface area contributed by atoms with Crippen LogP contribution in [0.4, 0.5) is 5.13 Å². The summed E-state index contributed by atoms with van der Waals surface area (Å²) in [5.74, 6) is -0.166. The van der Waals surface area contributed by atoms with Crippen LogP contribution in [0.5, 0.6) is 0 Å². The first-order chi connectivity index (χ1) is 10.5. The van der Waals surface area contributed by atoms with Gasteiger partial charge in [0, 0.05) is 56.9 Å². The number of carbonyl (C=O) groups is 1. The minimum atomic E-state index is -0.898. The smallest absolute Gasteiger partial charge is 0.251 e. The average molecular weight is 326 g/mol. The van der Waals surface area contributed by atoms with Gasteiger partial charge in [0.05, 0.1) is 0 Å². The third-order valence-electron chi connectivity index (χ3n) is 4.00. The topological polar surface area (TPSA) is 59.9 Å². The van der Waals surface area contributed by atoms with Gasteiger partial charge in [0.15, 0.2) is 5.13 Å². The molecule has 0 bridgehead atoms. The number of carbonyl (C=O) groups excluding carboxylic acids is 1. The van der Waals surface area contributed by atoms with Crippen LogP contribution < -0.4 is 4.90 Å². The molecule has 1 aromatic rings. The Labute approximate surface area is 136 Å². The number of rotatable bonds is 6. The molecule has 2 heterocycles. The van der Waals surface area contributed by atoms with Gasteiger partial charge in [-0.25, -0.2) is 4.98 Å². The van der Waals surface area contributed by atoms with E-state index in [4.69, 9.17) is 0 Å². The Kier molecular flexibility index (Phi) is 6.16. The Morgan fingerprint density at radius 1 is 1.36 bits per heavy atom. The van der Waals surface area contributed by atoms with Crippen LogP contribution >= 0.6 is 11.3 Å². The first-order valence-electron chi connectivity index (χ1n) is 7.94. The molecule has 1 aromatic heterocycles. The SMILES string of the molecule is CCN(CC)c1ncc(CN2CCN(C(=O)C(C)O)CC2)s1. The molecule has 1 fully saturated rings. The van der Waals surface area contributed by atoms with Gasteiger partial charge in [-0.2, -0.15) is 0 Å². The Bertz CT molecular complexity index is 480. The van der Waals surface area contributed by atoms with Crippen molar-refractivity contribution in [3.8, 4) is 0 Å². The Hall–Kier alpha value is -1.18. The van der Waals surface area contributed by atoms with E-state index in [1.807, 2.05) is 6.20 Å². The molecule has 0 aromatic carbocycles. The maximum atomic E-state index is 11.8. The minimum absolute atomic E-state index is 0.166. The number of nitrogens with zero attached hydrogens (tertiary/aromatic N) is 4. The number of anilines is 1. The molecule has 1 aliphatic heterocycles. The Morgan fingerprint density at radius 2 is 2.00 bits per heavy atom. The summed E-state index contributed by atoms with van der Waals surface area (Å²) in [6.45, 7) is 11.7. The summed E-state index contributed by atoms with van der Waals surface area (Å²) in [4.78, 5) is 23.9. The predicted molar refractivity (Wildman–Crippen MR) is 89.2 cm³/mol. The van der Waals surface area contributed by atoms with Crippen LogP contribution in [0.15, 0.2) is 6.20 Å². The number of hydrogen-bond acceptors (Lipinski definition) is 6. The molecule has 124 valence electrons. The van der Waals surface area contributed by atoms with Crippen molar-refractivity contribution in [2.45, 2.75) is 33.4 Å². The summed E-state index contributed by atoms with van der Waals surface area (Å²) in [7, 11) is 0. The molecule has 7 heteroatoms. The van der Waals surface area contributed by atoms with E-state index < -0.39 is 6.10 Å². The van der Waals surface area contributed by atoms with Crippen molar-refractivity contribution in [1.29, 1.82) is 0 Å². The molecule has 1 amide bonds. The second kappa shape index (κ2) is 7.89. The van der Waals surface area contributed by atoms with Gasteiger partial charge < -0.3 is 14.9 Å². The number of amides is 1. The van der Waals surface area contributed by atoms with E-state index in [0.717, 1.165) is 37.9 Å². The van der Waals surface area contributed by atoms with Gasteiger partial charge in [-0.05, 0) is 20.8 Å². The highest BCUT2D eigenvalue weighted by molar-refractivity contribution is 7.15. The number of aliphatic hydroxyl groups is 1. The van der Waals surface area contributed by atoms with E-state index >= 15 is 0 Å². The predicted octanol–water partition coefficient (Wildman–Crippen LogP) is 1.01. The molecular formula is C15H26N4O2S. The number of hydrogen-bond donors (Lipinski definition) is 1. The van der Waals surface area contributed by atoms with Gasteiger partial charge in [0.1, 0.15) is 6.10 Å². The zero-order valence-electron chi connectivity index (χ0n) is 13.7. The van der Waals surface area contributed by atoms with Gasteiger partial charge in [-0.1, -0.05) is 0 Å². The second-order valence-electron chi connectivity index (χ2n) is 5.56. The Morgan fingerprint density at radius 3 is 2.55 bits per heavy atom. The van der Waals surface area contributed by atoms with E-state index in [-0.39, 0.29) is 5.91 Å². The molecule has 0 spiro atoms. The third kappa shape index (κ3) is 4.18. The molecule has 0 radical (unpaired) electrons. The molecule has 2 rings (SSSR count). The average Bonchev–Trinajstić information content (AvgIpc) is 2.97. The van der Waals surface area contributed by atoms with Crippen molar-refractivity contribution >= 4 is 22.4 Å². The van der Waals surface area contributed by atoms with Crippen LogP contribution in [-0.2, 0) is 11.3 Å². The fourth-order valence-electron chi connectivity index (χ4n) is 2.62. The fourth-order valence-corrected chi connectivity index (χ4v) is 3.70. The lowest BCUT2D eigenvalue weighted by atomic mass is 10.2. The highest BCUT2D eigenvalue weighted by Crippen LogP contribution is 2.23. The van der Waals surface area contributed by atoms with Crippen LogP contribution in [0.2, 0.25) is 0 Å². The molecule has 0 saturated carbocycles. The van der Waals surface area contributed by atoms with Gasteiger partial charge in [-0.3, -0.25) is 9.69 Å². The maximum absolute atomic E-state index is 11.8. The molecule has 1 saturated heterocycles. The lowest BCUT2D eigenvalue weighted by molar-refractivity contribution is -0.141. The second-order valence-corrected chi connectivity index (χ2v) is 6.65. The molecule has 22 heavy (non-hydrogen) atoms. The molecule has 1 unspecified atom stereocenters. The first kappa shape index (κ1) is 17.2. The van der Waals surface area contributed by atoms with E-state index in [1.54, 1.807) is 16.2 Å². The third-order valence-corrected chi connectivity index (χ3v) is 5.04. The van der Waals surface area contributed by atoms with Gasteiger partial charge in [0.25, 0.3) is 5.91 Å². The fraction of sp³-hybridized carbons (Fsp3) is 0.733. The van der Waals surface area contributed by atoms with Gasteiger partial charge in [-0.15, -0.1) is 11.3 Å². The maximum Gasteiger partial charge on any atom is 0.251 e. The van der Waals surface area contributed by atoms with Crippen molar-refractivity contribution in [2.75, 3.05) is 44.2 Å². The van der Waals surface area contributed by atoms with Gasteiger partial charge >= 0.3 is 0 Å². The summed E-state index contributed by atoms with van der Waals surface area (Å²) in [5, 5.41) is 10.4. The van der Waals surface area contributed by atoms with Crippen molar-refractivity contribution in [2.24, 2.45) is 0 Å². The zero-order valence-corrected chi connectivity index (χ0v) is 14.5. The number of thiazole rings is 1. The standard InChI is InChI=1S/C15H26N4O2S/c1-4-18(5-2)15-16-10-13(22-15)11-17-6-8-19(9-7-17)14(21)12(3)20/h10,12,20H,4-9,11H2,1-3H3. The number of aromatic nitrogens is 1. The van der Waals surface area contributed by atoms with Crippen LogP contribution in [0.1, 0.15) is 25.6 Å². The first-order valence-corrected chi connectivity index (χ1v) is 8.75. The van der Waals surface area contributed by atoms with E-state index in [1.165, 1.54) is 11.8 Å². The van der Waals surface area contributed by atoms with Crippen molar-refractivity contribution in [3.63, 3.8) is 0 Å². The molecule has 0 aliphatic carbocycles. The summed E-state index contributed by atoms with van der Waals surface area (Å²) in [6.07, 6.45) is 1.07. The van der Waals surface area contributed by atoms with Crippen molar-refractivity contribution in [3.05, 3.63) is 11.1 Å². The quantitative estimate of drug-likeness (QED) is 0.846. The highest BCUT2D eigenvalue weighted by atomic mass is 32.1. The summed E-state index contributed by atoms with van der Waals surface area (Å²) in [5.41, 5.74) is 0. The zero-order chi connectivity index (χ0) is 16.1. The minimum Gasteiger partial charge on any atom is -0.384 e. The molecule has 6 nitrogen and oxygen atoms in total. The molecule has 1 aliphatic rings. The molecular weight excluding hydrogens is 300 g/mol. The largest absolute Gasteiger partial charge is 0.384 e. The highest BCUT2D eigenvalue weighted by Gasteiger charge is 2.24. The van der Waals surface area contributed by atoms with Crippen LogP contribution in [0.3, 0.4) is 0 Å². The van der Waals surface area contributed by atoms with E-state index in [0.29, 0.717) is 13.1 Å². The van der Waals surface area contributed by atoms with Crippen LogP contribution in [0, 0.1) is 0 Å². The number of aliphatic hydroxyl groups excluding tert-OH is 1. The van der Waals surface area contributed by atoms with E-state index in [2.05, 4.69) is 28.6 Å². The molecule has 1 N–H and O–H groups in total. The number of piperazine rings is 1. The lowest BCUT2D eigenvalue weighted by Gasteiger charge is -2.35. The van der Waals surface area contributed by atoms with Crippen molar-refractivity contribution in [1.82, 2.24) is 14.8 Å². The summed E-state index contributed by atoms with van der Waals surface area (Å²) in [6, 6.07) is 0. The van der Waals surface area contributed by atoms with Crippen LogP contribution in [-0.4, -0.2) is 71.2 Å². The normalized spacial score (nSPS) is 17.5. The Balaban J connectivity index is 1.85. The summed E-state index contributed by atoms with van der Waals surface area (Å²) < 4.78 is 0. The lowest BCUT2D eigenvalue weighted by Crippen LogP contribution is -2.50. The van der Waals surface area contributed by atoms with E-state index in [9.17, 15) is 9.90 Å². The van der Waals surface area contributed by atoms with Crippen LogP contribution in [0.25, 0.3) is 0 Å².